The third-order valence-corrected chi connectivity index (χ3v) is 3.74. The van der Waals surface area contributed by atoms with Gasteiger partial charge in [-0.1, -0.05) is 18.2 Å². The Morgan fingerprint density at radius 3 is 2.50 bits per heavy atom. The quantitative estimate of drug-likeness (QED) is 0.731. The van der Waals surface area contributed by atoms with E-state index in [1.165, 1.54) is 0 Å². The van der Waals surface area contributed by atoms with Crippen molar-refractivity contribution < 1.29 is 14.6 Å². The molecule has 0 unspecified atom stereocenters. The average molecular weight is 328 g/mol. The number of ether oxygens (including phenoxy) is 1. The first-order chi connectivity index (χ1) is 11.5. The smallest absolute Gasteiger partial charge is 0.251 e. The van der Waals surface area contributed by atoms with E-state index in [-0.39, 0.29) is 19.1 Å². The number of aryl methyl sites for hydroxylation is 2. The topological polar surface area (TPSA) is 70.6 Å². The lowest BCUT2D eigenvalue weighted by atomic mass is 10.1. The maximum Gasteiger partial charge on any atom is 0.251 e. The summed E-state index contributed by atoms with van der Waals surface area (Å²) >= 11 is 0. The molecule has 0 heterocycles. The van der Waals surface area contributed by atoms with Gasteiger partial charge in [0, 0.05) is 24.3 Å². The third kappa shape index (κ3) is 4.49. The number of carbonyl (C=O) groups is 1. The van der Waals surface area contributed by atoms with Gasteiger partial charge in [0.1, 0.15) is 5.75 Å². The summed E-state index contributed by atoms with van der Waals surface area (Å²) in [6.45, 7) is 4.90. The number of hydrogen-bond donors (Lipinski definition) is 3. The fraction of sp³-hybridized carbons (Fsp3) is 0.316. The molecule has 0 radical (unpaired) electrons. The van der Waals surface area contributed by atoms with Gasteiger partial charge in [-0.15, -0.1) is 0 Å². The van der Waals surface area contributed by atoms with Gasteiger partial charge in [-0.2, -0.15) is 0 Å². The van der Waals surface area contributed by atoms with Gasteiger partial charge in [0.15, 0.2) is 0 Å². The van der Waals surface area contributed by atoms with Gasteiger partial charge >= 0.3 is 0 Å². The minimum atomic E-state index is -0.191. The highest BCUT2D eigenvalue weighted by molar-refractivity contribution is 5.95. The van der Waals surface area contributed by atoms with Crippen LogP contribution in [0.4, 0.5) is 5.69 Å². The number of aliphatic hydroxyl groups is 1. The number of nitrogens with one attached hydrogen (secondary N) is 2. The number of hydrogen-bond acceptors (Lipinski definition) is 4. The zero-order valence-electron chi connectivity index (χ0n) is 14.3. The van der Waals surface area contributed by atoms with Crippen LogP contribution in [0.1, 0.15) is 27.0 Å². The normalized spacial score (nSPS) is 10.3. The minimum Gasteiger partial charge on any atom is -0.496 e. The van der Waals surface area contributed by atoms with Gasteiger partial charge in [-0.05, 0) is 48.7 Å². The molecule has 0 aliphatic carbocycles. The number of aliphatic hydroxyl groups excluding tert-OH is 1. The van der Waals surface area contributed by atoms with E-state index in [9.17, 15) is 4.79 Å². The second-order valence-corrected chi connectivity index (χ2v) is 5.68. The number of methoxy groups -OCH3 is 1. The molecule has 24 heavy (non-hydrogen) atoms. The maximum absolute atomic E-state index is 11.9. The summed E-state index contributed by atoms with van der Waals surface area (Å²) in [7, 11) is 1.68. The van der Waals surface area contributed by atoms with Gasteiger partial charge in [0.05, 0.1) is 13.7 Å². The summed E-state index contributed by atoms with van der Waals surface area (Å²) in [4.78, 5) is 11.9. The van der Waals surface area contributed by atoms with Crippen molar-refractivity contribution in [3.05, 3.63) is 58.7 Å². The Labute approximate surface area is 142 Å². The highest BCUT2D eigenvalue weighted by Gasteiger charge is 2.07. The molecule has 2 aromatic carbocycles. The monoisotopic (exact) mass is 328 g/mol. The Kier molecular flexibility index (Phi) is 6.21. The van der Waals surface area contributed by atoms with Gasteiger partial charge in [-0.3, -0.25) is 4.79 Å². The SMILES string of the molecule is COc1c(C)cc(CNc2cccc(C(=O)NCCO)c2)cc1C. The summed E-state index contributed by atoms with van der Waals surface area (Å²) in [5.41, 5.74) is 4.80. The Balaban J connectivity index is 2.06. The van der Waals surface area contributed by atoms with E-state index >= 15 is 0 Å². The third-order valence-electron chi connectivity index (χ3n) is 3.74. The molecule has 0 atom stereocenters. The Morgan fingerprint density at radius 1 is 1.17 bits per heavy atom. The molecule has 0 saturated heterocycles. The van der Waals surface area contributed by atoms with Crippen molar-refractivity contribution in [1.82, 2.24) is 5.32 Å². The highest BCUT2D eigenvalue weighted by Crippen LogP contribution is 2.24. The molecule has 3 N–H and O–H groups in total. The largest absolute Gasteiger partial charge is 0.496 e. The lowest BCUT2D eigenvalue weighted by Gasteiger charge is -2.13. The predicted molar refractivity (Wildman–Crippen MR) is 95.7 cm³/mol. The van der Waals surface area contributed by atoms with Gasteiger partial charge in [0.2, 0.25) is 0 Å². The van der Waals surface area contributed by atoms with Crippen LogP contribution in [0.15, 0.2) is 36.4 Å². The first kappa shape index (κ1) is 17.8. The molecule has 128 valence electrons. The first-order valence-electron chi connectivity index (χ1n) is 7.92. The van der Waals surface area contributed by atoms with E-state index < -0.39 is 0 Å². The average Bonchev–Trinajstić information content (AvgIpc) is 2.58. The van der Waals surface area contributed by atoms with E-state index in [1.807, 2.05) is 26.0 Å². The Bertz CT molecular complexity index is 691. The van der Waals surface area contributed by atoms with Crippen LogP contribution in [-0.4, -0.2) is 31.3 Å². The summed E-state index contributed by atoms with van der Waals surface area (Å²) in [6.07, 6.45) is 0. The Morgan fingerprint density at radius 2 is 1.88 bits per heavy atom. The molecule has 0 saturated carbocycles. The van der Waals surface area contributed by atoms with Crippen LogP contribution in [0.5, 0.6) is 5.75 Å². The number of rotatable bonds is 7. The van der Waals surface area contributed by atoms with Crippen molar-refractivity contribution in [3.63, 3.8) is 0 Å². The van der Waals surface area contributed by atoms with Crippen molar-refractivity contribution in [1.29, 1.82) is 0 Å². The van der Waals surface area contributed by atoms with Crippen LogP contribution < -0.4 is 15.4 Å². The second kappa shape index (κ2) is 8.36. The van der Waals surface area contributed by atoms with Gasteiger partial charge in [-0.25, -0.2) is 0 Å². The molecule has 0 aliphatic rings. The van der Waals surface area contributed by atoms with Crippen molar-refractivity contribution in [3.8, 4) is 5.75 Å². The Hall–Kier alpha value is -2.53. The molecule has 0 spiro atoms. The lowest BCUT2D eigenvalue weighted by molar-refractivity contribution is 0.0945. The van der Waals surface area contributed by atoms with E-state index in [0.29, 0.717) is 12.1 Å². The van der Waals surface area contributed by atoms with Crippen molar-refractivity contribution in [2.75, 3.05) is 25.6 Å². The van der Waals surface area contributed by atoms with E-state index in [1.54, 1.807) is 19.2 Å². The number of amides is 1. The molecule has 1 amide bonds. The van der Waals surface area contributed by atoms with Crippen LogP contribution in [0.2, 0.25) is 0 Å². The van der Waals surface area contributed by atoms with Crippen molar-refractivity contribution in [2.45, 2.75) is 20.4 Å². The molecule has 0 bridgehead atoms. The summed E-state index contributed by atoms with van der Waals surface area (Å²) in [6, 6.07) is 11.5. The number of benzene rings is 2. The number of anilines is 1. The minimum absolute atomic E-state index is 0.0696. The molecule has 5 heteroatoms. The predicted octanol–water partition coefficient (Wildman–Crippen LogP) is 2.65. The van der Waals surface area contributed by atoms with Crippen molar-refractivity contribution in [2.24, 2.45) is 0 Å². The summed E-state index contributed by atoms with van der Waals surface area (Å²) in [5.74, 6) is 0.727. The zero-order chi connectivity index (χ0) is 17.5. The molecular formula is C19H24N2O3. The molecular weight excluding hydrogens is 304 g/mol. The van der Waals surface area contributed by atoms with Crippen LogP contribution >= 0.6 is 0 Å². The molecule has 0 fully saturated rings. The van der Waals surface area contributed by atoms with Crippen LogP contribution in [0, 0.1) is 13.8 Å². The molecule has 5 nitrogen and oxygen atoms in total. The summed E-state index contributed by atoms with van der Waals surface area (Å²) in [5, 5.41) is 14.8. The van der Waals surface area contributed by atoms with E-state index in [2.05, 4.69) is 22.8 Å². The van der Waals surface area contributed by atoms with Crippen molar-refractivity contribution >= 4 is 11.6 Å². The van der Waals surface area contributed by atoms with Crippen LogP contribution in [0.25, 0.3) is 0 Å². The maximum atomic E-state index is 11.9. The molecule has 0 aliphatic heterocycles. The van der Waals surface area contributed by atoms with Crippen LogP contribution in [-0.2, 0) is 6.54 Å². The van der Waals surface area contributed by atoms with E-state index in [0.717, 1.165) is 28.1 Å². The van der Waals surface area contributed by atoms with Gasteiger partial charge in [0.25, 0.3) is 5.91 Å². The second-order valence-electron chi connectivity index (χ2n) is 5.68. The highest BCUT2D eigenvalue weighted by atomic mass is 16.5. The molecule has 2 aromatic rings. The number of carbonyl (C=O) groups excluding carboxylic acids is 1. The fourth-order valence-corrected chi connectivity index (χ4v) is 2.71. The molecule has 0 aromatic heterocycles. The van der Waals surface area contributed by atoms with Crippen LogP contribution in [0.3, 0.4) is 0 Å². The lowest BCUT2D eigenvalue weighted by Crippen LogP contribution is -2.26. The van der Waals surface area contributed by atoms with E-state index in [4.69, 9.17) is 9.84 Å². The first-order valence-corrected chi connectivity index (χ1v) is 7.92. The zero-order valence-corrected chi connectivity index (χ0v) is 14.3. The summed E-state index contributed by atoms with van der Waals surface area (Å²) < 4.78 is 5.39. The standard InChI is InChI=1S/C19H24N2O3/c1-13-9-15(10-14(2)18(13)24-3)12-21-17-6-4-5-16(11-17)19(23)20-7-8-22/h4-6,9-11,21-22H,7-8,12H2,1-3H3,(H,20,23). The molecule has 2 rings (SSSR count). The van der Waals surface area contributed by atoms with Gasteiger partial charge < -0.3 is 20.5 Å². The fourth-order valence-electron chi connectivity index (χ4n) is 2.71.